The van der Waals surface area contributed by atoms with Crippen LogP contribution in [0.4, 0.5) is 11.5 Å². The van der Waals surface area contributed by atoms with E-state index in [-0.39, 0.29) is 17.5 Å². The lowest BCUT2D eigenvalue weighted by Gasteiger charge is -2.27. The molecule has 0 radical (unpaired) electrons. The quantitative estimate of drug-likeness (QED) is 0.464. The first-order valence-electron chi connectivity index (χ1n) is 9.37. The summed E-state index contributed by atoms with van der Waals surface area (Å²) in [6, 6.07) is 0.145. The minimum atomic E-state index is -0.196. The molecule has 29 heavy (non-hydrogen) atoms. The number of carbonyl (C=O) groups excluding carboxylic acids is 1. The van der Waals surface area contributed by atoms with E-state index in [1.807, 2.05) is 6.26 Å². The largest absolute Gasteiger partial charge is 0.351 e. The molecule has 0 aliphatic carbocycles. The first kappa shape index (κ1) is 18.0. The summed E-state index contributed by atoms with van der Waals surface area (Å²) in [6.45, 7) is 1.34. The number of anilines is 2. The third kappa shape index (κ3) is 2.78. The zero-order valence-corrected chi connectivity index (χ0v) is 16.9. The van der Waals surface area contributed by atoms with Gasteiger partial charge in [0.1, 0.15) is 16.9 Å². The van der Waals surface area contributed by atoms with Crippen molar-refractivity contribution in [1.82, 2.24) is 24.5 Å². The summed E-state index contributed by atoms with van der Waals surface area (Å²) in [6.07, 6.45) is 10.1. The van der Waals surface area contributed by atoms with Crippen molar-refractivity contribution >= 4 is 40.1 Å². The van der Waals surface area contributed by atoms with Gasteiger partial charge < -0.3 is 14.4 Å². The van der Waals surface area contributed by atoms with Crippen LogP contribution in [0.3, 0.4) is 0 Å². The Morgan fingerprint density at radius 3 is 2.86 bits per heavy atom. The number of aryl methyl sites for hydroxylation is 1. The minimum absolute atomic E-state index is 0.145. The Kier molecular flexibility index (Phi) is 4.23. The molecular formula is C19H19N7O2S. The van der Waals surface area contributed by atoms with Crippen LogP contribution < -0.4 is 15.4 Å². The maximum absolute atomic E-state index is 13.5. The van der Waals surface area contributed by atoms with Crippen LogP contribution >= 0.6 is 11.8 Å². The van der Waals surface area contributed by atoms with E-state index in [9.17, 15) is 9.59 Å². The lowest BCUT2D eigenvalue weighted by atomic mass is 10.2. The molecule has 0 aromatic carbocycles. The lowest BCUT2D eigenvalue weighted by molar-refractivity contribution is 0.0988. The Morgan fingerprint density at radius 2 is 2.03 bits per heavy atom. The Balaban J connectivity index is 1.70. The van der Waals surface area contributed by atoms with Gasteiger partial charge in [0.2, 0.25) is 0 Å². The van der Waals surface area contributed by atoms with Crippen LogP contribution in [0.1, 0.15) is 23.2 Å². The number of rotatable bonds is 2. The highest BCUT2D eigenvalue weighted by Gasteiger charge is 2.38. The van der Waals surface area contributed by atoms with Crippen LogP contribution in [0.2, 0.25) is 0 Å². The van der Waals surface area contributed by atoms with Gasteiger partial charge in [-0.15, -0.1) is 0 Å². The van der Waals surface area contributed by atoms with Gasteiger partial charge in [0, 0.05) is 38.6 Å². The summed E-state index contributed by atoms with van der Waals surface area (Å²) in [5.41, 5.74) is 1.29. The number of fused-ring (bicyclic) bond motifs is 4. The van der Waals surface area contributed by atoms with E-state index >= 15 is 0 Å². The van der Waals surface area contributed by atoms with Crippen molar-refractivity contribution in [2.24, 2.45) is 7.05 Å². The molecule has 0 unspecified atom stereocenters. The molecule has 0 spiro atoms. The minimum Gasteiger partial charge on any atom is -0.351 e. The van der Waals surface area contributed by atoms with Crippen molar-refractivity contribution in [3.05, 3.63) is 40.8 Å². The van der Waals surface area contributed by atoms with Crippen LogP contribution in [0.25, 0.3) is 10.9 Å². The van der Waals surface area contributed by atoms with Gasteiger partial charge in [0.05, 0.1) is 23.6 Å². The summed E-state index contributed by atoms with van der Waals surface area (Å²) in [5, 5.41) is 1.04. The number of nitrogens with zero attached hydrogens (tertiary/aromatic N) is 7. The first-order valence-corrected chi connectivity index (χ1v) is 10.6. The number of pyridine rings is 1. The van der Waals surface area contributed by atoms with E-state index in [1.54, 1.807) is 24.3 Å². The number of carbonyl (C=O) groups is 1. The Hall–Kier alpha value is -3.01. The normalized spacial score (nSPS) is 18.7. The Morgan fingerprint density at radius 1 is 1.17 bits per heavy atom. The van der Waals surface area contributed by atoms with Gasteiger partial charge in [-0.25, -0.2) is 15.0 Å². The molecule has 2 aliphatic heterocycles. The van der Waals surface area contributed by atoms with Crippen LogP contribution in [-0.2, 0) is 7.05 Å². The summed E-state index contributed by atoms with van der Waals surface area (Å²) < 4.78 is 1.41. The molecule has 5 rings (SSSR count). The molecule has 3 aromatic rings. The summed E-state index contributed by atoms with van der Waals surface area (Å²) in [4.78, 5) is 47.6. The maximum atomic E-state index is 13.5. The van der Waals surface area contributed by atoms with Crippen molar-refractivity contribution < 1.29 is 4.79 Å². The fourth-order valence-electron chi connectivity index (χ4n) is 4.10. The second kappa shape index (κ2) is 6.80. The van der Waals surface area contributed by atoms with Crippen LogP contribution in [-0.4, -0.2) is 55.8 Å². The van der Waals surface area contributed by atoms with E-state index in [2.05, 4.69) is 24.8 Å². The second-order valence-electron chi connectivity index (χ2n) is 7.21. The van der Waals surface area contributed by atoms with Gasteiger partial charge in [-0.1, -0.05) is 11.8 Å². The van der Waals surface area contributed by atoms with E-state index in [0.717, 1.165) is 19.4 Å². The highest BCUT2D eigenvalue weighted by atomic mass is 32.2. The van der Waals surface area contributed by atoms with Gasteiger partial charge in [0.25, 0.3) is 11.5 Å². The van der Waals surface area contributed by atoms with Crippen molar-refractivity contribution in [2.75, 3.05) is 29.1 Å². The zero-order valence-electron chi connectivity index (χ0n) is 16.1. The topological polar surface area (TPSA) is 97.1 Å². The fraction of sp³-hybridized carbons (Fsp3) is 0.368. The summed E-state index contributed by atoms with van der Waals surface area (Å²) >= 11 is 1.45. The number of thioether (sulfide) groups is 1. The molecule has 0 saturated carbocycles. The van der Waals surface area contributed by atoms with Gasteiger partial charge in [-0.2, -0.15) is 0 Å². The summed E-state index contributed by atoms with van der Waals surface area (Å²) in [5.74, 6) is 0.496. The number of hydrogen-bond acceptors (Lipinski definition) is 8. The molecule has 3 aromatic heterocycles. The third-order valence-corrected chi connectivity index (χ3v) is 6.11. The molecule has 9 nitrogen and oxygen atoms in total. The monoisotopic (exact) mass is 409 g/mol. The molecule has 1 fully saturated rings. The molecule has 2 aliphatic rings. The molecule has 5 heterocycles. The van der Waals surface area contributed by atoms with Crippen LogP contribution in [0, 0.1) is 0 Å². The highest BCUT2D eigenvalue weighted by Crippen LogP contribution is 2.35. The maximum Gasteiger partial charge on any atom is 0.263 e. The van der Waals surface area contributed by atoms with Gasteiger partial charge >= 0.3 is 0 Å². The van der Waals surface area contributed by atoms with Gasteiger partial charge in [-0.05, 0) is 19.1 Å². The van der Waals surface area contributed by atoms with Crippen LogP contribution in [0.15, 0.2) is 34.9 Å². The van der Waals surface area contributed by atoms with Crippen molar-refractivity contribution in [2.45, 2.75) is 24.0 Å². The Bertz CT molecular complexity index is 1190. The standard InChI is InChI=1S/C19H19N7O2S/c1-24-10-22-15-12(17(24)27)6-20-8-14(15)26-9-11-4-3-5-25(11)16-13(18(26)28)7-21-19(23-16)29-2/h6-8,10-11H,3-5,9H2,1-2H3/t11-/m0/s1. The fourth-order valence-corrected chi connectivity index (χ4v) is 4.43. The number of hydrogen-bond donors (Lipinski definition) is 0. The number of amides is 1. The molecular weight excluding hydrogens is 390 g/mol. The molecule has 1 atom stereocenters. The Labute approximate surface area is 170 Å². The second-order valence-corrected chi connectivity index (χ2v) is 7.99. The average Bonchev–Trinajstić information content (AvgIpc) is 3.17. The van der Waals surface area contributed by atoms with Gasteiger partial charge in [0.15, 0.2) is 5.16 Å². The SMILES string of the molecule is CSc1ncc2c(n1)N1CCC[C@H]1CN(c1cncc3c(=O)n(C)cnc13)C2=O. The van der Waals surface area contributed by atoms with E-state index in [0.29, 0.717) is 39.7 Å². The predicted molar refractivity (Wildman–Crippen MR) is 111 cm³/mol. The molecule has 0 N–H and O–H groups in total. The smallest absolute Gasteiger partial charge is 0.263 e. The van der Waals surface area contributed by atoms with Crippen molar-refractivity contribution in [1.29, 1.82) is 0 Å². The molecule has 10 heteroatoms. The van der Waals surface area contributed by atoms with E-state index in [1.165, 1.54) is 28.9 Å². The predicted octanol–water partition coefficient (Wildman–Crippen LogP) is 1.47. The van der Waals surface area contributed by atoms with Gasteiger partial charge in [-0.3, -0.25) is 14.6 Å². The molecule has 1 amide bonds. The average molecular weight is 409 g/mol. The molecule has 1 saturated heterocycles. The zero-order chi connectivity index (χ0) is 20.1. The van der Waals surface area contributed by atoms with Crippen LogP contribution in [0.5, 0.6) is 0 Å². The van der Waals surface area contributed by atoms with Crippen molar-refractivity contribution in [3.63, 3.8) is 0 Å². The molecule has 0 bridgehead atoms. The lowest BCUT2D eigenvalue weighted by Crippen LogP contribution is -2.40. The molecule has 148 valence electrons. The number of aromatic nitrogens is 5. The van der Waals surface area contributed by atoms with Crippen molar-refractivity contribution in [3.8, 4) is 0 Å². The first-order chi connectivity index (χ1) is 14.1. The van der Waals surface area contributed by atoms with E-state index in [4.69, 9.17) is 0 Å². The summed E-state index contributed by atoms with van der Waals surface area (Å²) in [7, 11) is 1.64. The highest BCUT2D eigenvalue weighted by molar-refractivity contribution is 7.98. The van der Waals surface area contributed by atoms with E-state index < -0.39 is 0 Å². The third-order valence-electron chi connectivity index (χ3n) is 5.55.